The second-order valence-corrected chi connectivity index (χ2v) is 5.08. The number of amides is 3. The smallest absolute Gasteiger partial charge is 0.331 e. The lowest BCUT2D eigenvalue weighted by Gasteiger charge is -2.12. The first-order chi connectivity index (χ1) is 8.58. The second kappa shape index (κ2) is 5.19. The second-order valence-electron chi connectivity index (χ2n) is 3.40. The molecule has 0 unspecified atom stereocenters. The highest BCUT2D eigenvalue weighted by molar-refractivity contribution is 8.26. The monoisotopic (exact) mass is 279 g/mol. The van der Waals surface area contributed by atoms with Gasteiger partial charge in [-0.15, -0.1) is 0 Å². The molecule has 1 aliphatic heterocycles. The number of nitrogens with zero attached hydrogens (tertiary/aromatic N) is 1. The fraction of sp³-hybridized carbons (Fsp3) is 0. The molecule has 0 aliphatic carbocycles. The molecule has 5 nitrogen and oxygen atoms in total. The maximum atomic E-state index is 11.9. The van der Waals surface area contributed by atoms with Gasteiger partial charge in [0.25, 0.3) is 5.91 Å². The molecular formula is C11H9N3O2S2. The van der Waals surface area contributed by atoms with Crippen LogP contribution < -0.4 is 11.2 Å². The van der Waals surface area contributed by atoms with Crippen LogP contribution in [0.1, 0.15) is 5.56 Å². The van der Waals surface area contributed by atoms with Gasteiger partial charge in [-0.25, -0.2) is 10.2 Å². The van der Waals surface area contributed by atoms with Gasteiger partial charge in [-0.2, -0.15) is 5.01 Å². The van der Waals surface area contributed by atoms with Crippen molar-refractivity contribution in [3.8, 4) is 0 Å². The van der Waals surface area contributed by atoms with Crippen molar-refractivity contribution < 1.29 is 9.59 Å². The Morgan fingerprint density at radius 2 is 2.06 bits per heavy atom. The lowest BCUT2D eigenvalue weighted by Crippen LogP contribution is -2.47. The first-order valence-corrected chi connectivity index (χ1v) is 6.19. The quantitative estimate of drug-likeness (QED) is 0.635. The first-order valence-electron chi connectivity index (χ1n) is 4.97. The summed E-state index contributed by atoms with van der Waals surface area (Å²) in [5.74, 6) is -0.382. The molecule has 2 rings (SSSR count). The molecule has 3 amide bonds. The highest BCUT2D eigenvalue weighted by Gasteiger charge is 2.33. The van der Waals surface area contributed by atoms with Gasteiger partial charge in [0.15, 0.2) is 4.32 Å². The van der Waals surface area contributed by atoms with Gasteiger partial charge in [0.2, 0.25) is 0 Å². The minimum atomic E-state index is -0.827. The summed E-state index contributed by atoms with van der Waals surface area (Å²) in [5.41, 5.74) is 8.03. The zero-order chi connectivity index (χ0) is 13.1. The molecule has 0 saturated carbocycles. The molecule has 0 radical (unpaired) electrons. The molecule has 1 aromatic rings. The van der Waals surface area contributed by atoms with Gasteiger partial charge in [0.1, 0.15) is 0 Å². The van der Waals surface area contributed by atoms with Crippen molar-refractivity contribution >= 4 is 46.3 Å². The summed E-state index contributed by atoms with van der Waals surface area (Å²) in [7, 11) is 0. The van der Waals surface area contributed by atoms with Gasteiger partial charge >= 0.3 is 6.03 Å². The molecule has 0 bridgehead atoms. The summed E-state index contributed by atoms with van der Waals surface area (Å²) < 4.78 is 0.251. The van der Waals surface area contributed by atoms with Crippen LogP contribution in [0.25, 0.3) is 6.08 Å². The summed E-state index contributed by atoms with van der Waals surface area (Å²) in [6.07, 6.45) is 1.71. The standard InChI is InChI=1S/C11H9N3O2S2/c12-10(16)13-14-9(15)8(18-11(14)17)6-7-4-2-1-3-5-7/h1-6H,(H3,12,13,16)/b8-6+. The van der Waals surface area contributed by atoms with Gasteiger partial charge in [-0.3, -0.25) is 4.79 Å². The van der Waals surface area contributed by atoms with Crippen molar-refractivity contribution in [1.82, 2.24) is 10.4 Å². The molecule has 1 saturated heterocycles. The molecule has 7 heteroatoms. The van der Waals surface area contributed by atoms with Crippen LogP contribution in [0.3, 0.4) is 0 Å². The summed E-state index contributed by atoms with van der Waals surface area (Å²) in [4.78, 5) is 23.1. The van der Waals surface area contributed by atoms with E-state index in [4.69, 9.17) is 18.0 Å². The van der Waals surface area contributed by atoms with Crippen LogP contribution in [-0.4, -0.2) is 21.3 Å². The van der Waals surface area contributed by atoms with Gasteiger partial charge in [0.05, 0.1) is 4.91 Å². The number of benzene rings is 1. The molecule has 0 aromatic heterocycles. The van der Waals surface area contributed by atoms with E-state index in [1.807, 2.05) is 30.3 Å². The number of thiocarbonyl (C=S) groups is 1. The fourth-order valence-electron chi connectivity index (χ4n) is 1.37. The van der Waals surface area contributed by atoms with E-state index in [0.717, 1.165) is 22.3 Å². The highest BCUT2D eigenvalue weighted by atomic mass is 32.2. The third-order valence-corrected chi connectivity index (χ3v) is 3.42. The Hall–Kier alpha value is -1.86. The maximum Gasteiger partial charge on any atom is 0.331 e. The summed E-state index contributed by atoms with van der Waals surface area (Å²) in [6, 6.07) is 8.54. The summed E-state index contributed by atoms with van der Waals surface area (Å²) in [6.45, 7) is 0. The van der Waals surface area contributed by atoms with Crippen LogP contribution in [0.5, 0.6) is 0 Å². The van der Waals surface area contributed by atoms with E-state index in [0.29, 0.717) is 4.91 Å². The normalized spacial score (nSPS) is 17.3. The Bertz CT molecular complexity index is 542. The predicted octanol–water partition coefficient (Wildman–Crippen LogP) is 1.47. The zero-order valence-electron chi connectivity index (χ0n) is 9.12. The van der Waals surface area contributed by atoms with E-state index in [9.17, 15) is 9.59 Å². The number of primary amides is 1. The van der Waals surface area contributed by atoms with E-state index in [1.54, 1.807) is 6.08 Å². The summed E-state index contributed by atoms with van der Waals surface area (Å²) in [5, 5.41) is 0.969. The Morgan fingerprint density at radius 1 is 1.39 bits per heavy atom. The van der Waals surface area contributed by atoms with E-state index in [1.165, 1.54) is 0 Å². The number of hydrazine groups is 1. The number of hydrogen-bond donors (Lipinski definition) is 2. The first kappa shape index (κ1) is 12.6. The number of thioether (sulfide) groups is 1. The average molecular weight is 279 g/mol. The SMILES string of the molecule is NC(=O)NN1C(=O)/C(=C\c2ccccc2)SC1=S. The Kier molecular flexibility index (Phi) is 3.63. The molecule has 3 N–H and O–H groups in total. The van der Waals surface area contributed by atoms with Crippen molar-refractivity contribution in [2.75, 3.05) is 0 Å². The lowest BCUT2D eigenvalue weighted by molar-refractivity contribution is -0.123. The van der Waals surface area contributed by atoms with Gasteiger partial charge < -0.3 is 5.73 Å². The molecule has 1 fully saturated rings. The molecule has 18 heavy (non-hydrogen) atoms. The minimum Gasteiger partial charge on any atom is -0.350 e. The number of carbonyl (C=O) groups is 2. The highest BCUT2D eigenvalue weighted by Crippen LogP contribution is 2.31. The fourth-order valence-corrected chi connectivity index (χ4v) is 2.55. The molecule has 0 atom stereocenters. The van der Waals surface area contributed by atoms with Crippen molar-refractivity contribution in [1.29, 1.82) is 0 Å². The number of urea groups is 1. The van der Waals surface area contributed by atoms with E-state index in [2.05, 4.69) is 5.43 Å². The third kappa shape index (κ3) is 2.69. The third-order valence-electron chi connectivity index (χ3n) is 2.11. The van der Waals surface area contributed by atoms with E-state index < -0.39 is 6.03 Å². The van der Waals surface area contributed by atoms with Crippen LogP contribution in [0.4, 0.5) is 4.79 Å². The average Bonchev–Trinajstić information content (AvgIpc) is 2.58. The Labute approximate surface area is 113 Å². The summed E-state index contributed by atoms with van der Waals surface area (Å²) >= 11 is 6.10. The van der Waals surface area contributed by atoms with Crippen LogP contribution in [-0.2, 0) is 4.79 Å². The molecule has 0 spiro atoms. The topological polar surface area (TPSA) is 75.4 Å². The molecule has 1 heterocycles. The van der Waals surface area contributed by atoms with Crippen LogP contribution >= 0.6 is 24.0 Å². The minimum absolute atomic E-state index is 0.251. The molecule has 92 valence electrons. The molecular weight excluding hydrogens is 270 g/mol. The van der Waals surface area contributed by atoms with Crippen molar-refractivity contribution in [2.24, 2.45) is 5.73 Å². The van der Waals surface area contributed by atoms with Crippen LogP contribution in [0, 0.1) is 0 Å². The molecule has 1 aromatic carbocycles. The van der Waals surface area contributed by atoms with Crippen molar-refractivity contribution in [3.63, 3.8) is 0 Å². The number of nitrogens with one attached hydrogen (secondary N) is 1. The number of hydrogen-bond acceptors (Lipinski definition) is 4. The van der Waals surface area contributed by atoms with Gasteiger partial charge in [-0.1, -0.05) is 42.1 Å². The Balaban J connectivity index is 2.23. The number of carbonyl (C=O) groups excluding carboxylic acids is 2. The predicted molar refractivity (Wildman–Crippen MR) is 74.2 cm³/mol. The van der Waals surface area contributed by atoms with Crippen molar-refractivity contribution in [2.45, 2.75) is 0 Å². The number of nitrogens with two attached hydrogens (primary N) is 1. The van der Waals surface area contributed by atoms with Crippen LogP contribution in [0.15, 0.2) is 35.2 Å². The largest absolute Gasteiger partial charge is 0.350 e. The zero-order valence-corrected chi connectivity index (χ0v) is 10.8. The van der Waals surface area contributed by atoms with Crippen LogP contribution in [0.2, 0.25) is 0 Å². The number of rotatable bonds is 2. The van der Waals surface area contributed by atoms with E-state index in [-0.39, 0.29) is 10.2 Å². The Morgan fingerprint density at radius 3 is 2.67 bits per heavy atom. The molecule has 1 aliphatic rings. The van der Waals surface area contributed by atoms with Gasteiger partial charge in [0, 0.05) is 0 Å². The maximum absolute atomic E-state index is 11.9. The van der Waals surface area contributed by atoms with E-state index >= 15 is 0 Å². The van der Waals surface area contributed by atoms with Gasteiger partial charge in [-0.05, 0) is 23.9 Å². The van der Waals surface area contributed by atoms with Crippen molar-refractivity contribution in [3.05, 3.63) is 40.8 Å². The lowest BCUT2D eigenvalue weighted by atomic mass is 10.2.